The minimum absolute atomic E-state index is 0.167. The Bertz CT molecular complexity index is 497. The molecule has 0 radical (unpaired) electrons. The molecular formula is C16H21NO4. The number of rotatable bonds is 9. The van der Waals surface area contributed by atoms with Gasteiger partial charge < -0.3 is 15.2 Å². The van der Waals surface area contributed by atoms with E-state index in [1.807, 2.05) is 24.3 Å². The molecule has 1 aromatic carbocycles. The molecule has 0 unspecified atom stereocenters. The fraction of sp³-hybridized carbons (Fsp3) is 0.375. The van der Waals surface area contributed by atoms with Crippen LogP contribution < -0.4 is 10.1 Å². The zero-order valence-electron chi connectivity index (χ0n) is 12.2. The molecule has 1 rings (SSSR count). The fourth-order valence-corrected chi connectivity index (χ4v) is 1.82. The van der Waals surface area contributed by atoms with Gasteiger partial charge in [-0.1, -0.05) is 24.6 Å². The van der Waals surface area contributed by atoms with Crippen LogP contribution in [0.5, 0.6) is 5.75 Å². The zero-order chi connectivity index (χ0) is 15.5. The number of nitrogens with one attached hydrogen (secondary N) is 1. The number of hydrogen-bond donors (Lipinski definition) is 2. The Morgan fingerprint density at radius 1 is 1.24 bits per heavy atom. The van der Waals surface area contributed by atoms with Crippen molar-refractivity contribution >= 4 is 18.0 Å². The second kappa shape index (κ2) is 9.58. The Labute approximate surface area is 124 Å². The first kappa shape index (κ1) is 16.8. The Hall–Kier alpha value is -2.30. The highest BCUT2D eigenvalue weighted by Crippen LogP contribution is 2.18. The molecule has 0 fully saturated rings. The van der Waals surface area contributed by atoms with Crippen LogP contribution in [0.3, 0.4) is 0 Å². The van der Waals surface area contributed by atoms with Gasteiger partial charge in [0.15, 0.2) is 0 Å². The monoisotopic (exact) mass is 291 g/mol. The number of methoxy groups -OCH3 is 1. The number of carbonyl (C=O) groups excluding carboxylic acids is 1. The van der Waals surface area contributed by atoms with E-state index in [0.717, 1.165) is 24.2 Å². The van der Waals surface area contributed by atoms with Crippen LogP contribution in [-0.4, -0.2) is 30.6 Å². The van der Waals surface area contributed by atoms with Gasteiger partial charge in [0.25, 0.3) is 0 Å². The number of carboxylic acid groups (broad SMARTS) is 1. The number of para-hydroxylation sites is 1. The number of carboxylic acids is 1. The van der Waals surface area contributed by atoms with Crippen LogP contribution in [-0.2, 0) is 9.59 Å². The molecule has 1 aromatic rings. The van der Waals surface area contributed by atoms with E-state index in [1.165, 1.54) is 6.08 Å². The molecule has 0 saturated carbocycles. The highest BCUT2D eigenvalue weighted by molar-refractivity contribution is 5.92. The average molecular weight is 291 g/mol. The van der Waals surface area contributed by atoms with E-state index in [0.29, 0.717) is 13.0 Å². The molecular weight excluding hydrogens is 270 g/mol. The van der Waals surface area contributed by atoms with Gasteiger partial charge in [-0.25, -0.2) is 0 Å². The van der Waals surface area contributed by atoms with Gasteiger partial charge in [0.2, 0.25) is 5.91 Å². The summed E-state index contributed by atoms with van der Waals surface area (Å²) in [7, 11) is 1.59. The molecule has 21 heavy (non-hydrogen) atoms. The highest BCUT2D eigenvalue weighted by Gasteiger charge is 2.00. The topological polar surface area (TPSA) is 75.6 Å². The van der Waals surface area contributed by atoms with Crippen LogP contribution >= 0.6 is 0 Å². The predicted octanol–water partition coefficient (Wildman–Crippen LogP) is 2.47. The van der Waals surface area contributed by atoms with E-state index in [2.05, 4.69) is 5.32 Å². The normalized spacial score (nSPS) is 10.5. The SMILES string of the molecule is COc1ccccc1C=CC(=O)NCCCCCC(=O)O. The second-order valence-electron chi connectivity index (χ2n) is 4.57. The van der Waals surface area contributed by atoms with Crippen LogP contribution in [0, 0.1) is 0 Å². The molecule has 5 nitrogen and oxygen atoms in total. The lowest BCUT2D eigenvalue weighted by atomic mass is 10.2. The van der Waals surface area contributed by atoms with Crippen molar-refractivity contribution in [1.29, 1.82) is 0 Å². The van der Waals surface area contributed by atoms with Gasteiger partial charge in [-0.2, -0.15) is 0 Å². The number of hydrogen-bond acceptors (Lipinski definition) is 3. The number of ether oxygens (including phenoxy) is 1. The van der Waals surface area contributed by atoms with E-state index >= 15 is 0 Å². The largest absolute Gasteiger partial charge is 0.496 e. The Kier molecular flexibility index (Phi) is 7.64. The summed E-state index contributed by atoms with van der Waals surface area (Å²) >= 11 is 0. The first-order valence-corrected chi connectivity index (χ1v) is 6.94. The maximum atomic E-state index is 11.6. The van der Waals surface area contributed by atoms with Gasteiger partial charge in [-0.15, -0.1) is 0 Å². The zero-order valence-corrected chi connectivity index (χ0v) is 12.2. The maximum Gasteiger partial charge on any atom is 0.303 e. The van der Waals surface area contributed by atoms with E-state index < -0.39 is 5.97 Å². The summed E-state index contributed by atoms with van der Waals surface area (Å²) in [4.78, 5) is 21.9. The average Bonchev–Trinajstić information content (AvgIpc) is 2.48. The van der Waals surface area contributed by atoms with Crippen molar-refractivity contribution in [2.24, 2.45) is 0 Å². The molecule has 114 valence electrons. The Morgan fingerprint density at radius 3 is 2.71 bits per heavy atom. The summed E-state index contributed by atoms with van der Waals surface area (Å²) in [5.41, 5.74) is 0.844. The second-order valence-corrected chi connectivity index (χ2v) is 4.57. The van der Waals surface area contributed by atoms with Crippen molar-refractivity contribution < 1.29 is 19.4 Å². The lowest BCUT2D eigenvalue weighted by Crippen LogP contribution is -2.22. The molecule has 0 aliphatic carbocycles. The minimum Gasteiger partial charge on any atom is -0.496 e. The smallest absolute Gasteiger partial charge is 0.303 e. The Balaban J connectivity index is 2.27. The molecule has 0 aliphatic heterocycles. The van der Waals surface area contributed by atoms with Crippen LogP contribution in [0.4, 0.5) is 0 Å². The molecule has 0 spiro atoms. The summed E-state index contributed by atoms with van der Waals surface area (Å²) in [6, 6.07) is 7.45. The molecule has 0 atom stereocenters. The summed E-state index contributed by atoms with van der Waals surface area (Å²) in [6.45, 7) is 0.550. The maximum absolute atomic E-state index is 11.6. The van der Waals surface area contributed by atoms with Crippen LogP contribution in [0.25, 0.3) is 6.08 Å². The Morgan fingerprint density at radius 2 is 2.00 bits per heavy atom. The fourth-order valence-electron chi connectivity index (χ4n) is 1.82. The van der Waals surface area contributed by atoms with E-state index in [9.17, 15) is 9.59 Å². The van der Waals surface area contributed by atoms with Gasteiger partial charge in [-0.05, 0) is 25.0 Å². The van der Waals surface area contributed by atoms with Crippen LogP contribution in [0.15, 0.2) is 30.3 Å². The van der Waals surface area contributed by atoms with Crippen molar-refractivity contribution in [3.63, 3.8) is 0 Å². The molecule has 2 N–H and O–H groups in total. The third-order valence-corrected chi connectivity index (χ3v) is 2.92. The number of aliphatic carboxylic acids is 1. The first-order valence-electron chi connectivity index (χ1n) is 6.94. The summed E-state index contributed by atoms with van der Waals surface area (Å²) in [6.07, 6.45) is 5.57. The molecule has 0 aromatic heterocycles. The van der Waals surface area contributed by atoms with Crippen LogP contribution in [0.1, 0.15) is 31.2 Å². The number of carbonyl (C=O) groups is 2. The molecule has 0 heterocycles. The highest BCUT2D eigenvalue weighted by atomic mass is 16.5. The predicted molar refractivity (Wildman–Crippen MR) is 81.1 cm³/mol. The number of amides is 1. The van der Waals surface area contributed by atoms with E-state index in [1.54, 1.807) is 13.2 Å². The van der Waals surface area contributed by atoms with Crippen molar-refractivity contribution in [2.45, 2.75) is 25.7 Å². The first-order chi connectivity index (χ1) is 10.1. The van der Waals surface area contributed by atoms with E-state index in [4.69, 9.17) is 9.84 Å². The van der Waals surface area contributed by atoms with Crippen molar-refractivity contribution in [3.05, 3.63) is 35.9 Å². The van der Waals surface area contributed by atoms with Gasteiger partial charge in [0.05, 0.1) is 7.11 Å². The van der Waals surface area contributed by atoms with Crippen molar-refractivity contribution in [1.82, 2.24) is 5.32 Å². The van der Waals surface area contributed by atoms with Gasteiger partial charge >= 0.3 is 5.97 Å². The van der Waals surface area contributed by atoms with Crippen LogP contribution in [0.2, 0.25) is 0 Å². The summed E-state index contributed by atoms with van der Waals surface area (Å²) < 4.78 is 5.19. The standard InChI is InChI=1S/C16H21NO4/c1-21-14-8-5-4-7-13(14)10-11-15(18)17-12-6-2-3-9-16(19)20/h4-5,7-8,10-11H,2-3,6,9,12H2,1H3,(H,17,18)(H,19,20). The van der Waals surface area contributed by atoms with Gasteiger partial charge in [0, 0.05) is 24.6 Å². The van der Waals surface area contributed by atoms with Crippen molar-refractivity contribution in [3.8, 4) is 5.75 Å². The lowest BCUT2D eigenvalue weighted by molar-refractivity contribution is -0.137. The quantitative estimate of drug-likeness (QED) is 0.541. The molecule has 0 aliphatic rings. The van der Waals surface area contributed by atoms with Gasteiger partial charge in [0.1, 0.15) is 5.75 Å². The minimum atomic E-state index is -0.779. The number of benzene rings is 1. The third-order valence-electron chi connectivity index (χ3n) is 2.92. The van der Waals surface area contributed by atoms with Crippen molar-refractivity contribution in [2.75, 3.05) is 13.7 Å². The molecule has 0 bridgehead atoms. The summed E-state index contributed by atoms with van der Waals surface area (Å²) in [5.74, 6) is -0.229. The number of unbranched alkanes of at least 4 members (excludes halogenated alkanes) is 2. The third kappa shape index (κ3) is 7.15. The molecule has 5 heteroatoms. The molecule has 1 amide bonds. The lowest BCUT2D eigenvalue weighted by Gasteiger charge is -2.04. The molecule has 0 saturated heterocycles. The van der Waals surface area contributed by atoms with E-state index in [-0.39, 0.29) is 12.3 Å². The van der Waals surface area contributed by atoms with Gasteiger partial charge in [-0.3, -0.25) is 9.59 Å². The summed E-state index contributed by atoms with van der Waals surface area (Å²) in [5, 5.41) is 11.3.